The van der Waals surface area contributed by atoms with Crippen LogP contribution in [0.3, 0.4) is 0 Å². The van der Waals surface area contributed by atoms with Gasteiger partial charge < -0.3 is 16.2 Å². The van der Waals surface area contributed by atoms with Crippen LogP contribution in [0, 0.1) is 0 Å². The van der Waals surface area contributed by atoms with Gasteiger partial charge in [-0.1, -0.05) is 30.3 Å². The molecule has 1 aliphatic heterocycles. The largest absolute Gasteiger partial charge is 0.459 e. The highest BCUT2D eigenvalue weighted by Gasteiger charge is 2.23. The second-order valence-electron chi connectivity index (χ2n) is 6.21. The summed E-state index contributed by atoms with van der Waals surface area (Å²) in [6.07, 6.45) is 1.63. The molecule has 25 heavy (non-hydrogen) atoms. The maximum absolute atomic E-state index is 12.3. The Morgan fingerprint density at radius 2 is 1.76 bits per heavy atom. The molecular weight excluding hydrogens is 338 g/mol. The number of piperidine rings is 1. The first kappa shape index (κ1) is 19.1. The number of benzene rings is 2. The fourth-order valence-electron chi connectivity index (χ4n) is 3.01. The summed E-state index contributed by atoms with van der Waals surface area (Å²) in [5.74, 6) is -0.367. The van der Waals surface area contributed by atoms with E-state index in [0.29, 0.717) is 16.9 Å². The summed E-state index contributed by atoms with van der Waals surface area (Å²) in [5, 5.41) is 0. The molecule has 2 aromatic carbocycles. The Hall–Kier alpha value is -2.24. The smallest absolute Gasteiger partial charge is 0.340 e. The van der Waals surface area contributed by atoms with Crippen LogP contribution < -0.4 is 11.5 Å². The SMILES string of the molecule is Cl.Nc1ccc(C(=O)OC2CCN(Cc3ccccc3)CC2)c(N)c1. The lowest BCUT2D eigenvalue weighted by atomic mass is 10.1. The van der Waals surface area contributed by atoms with Crippen molar-refractivity contribution < 1.29 is 9.53 Å². The van der Waals surface area contributed by atoms with Crippen LogP contribution >= 0.6 is 12.4 Å². The van der Waals surface area contributed by atoms with Crippen molar-refractivity contribution >= 4 is 29.8 Å². The normalized spacial score (nSPS) is 15.4. The zero-order valence-electron chi connectivity index (χ0n) is 14.1. The lowest BCUT2D eigenvalue weighted by molar-refractivity contribution is 0.0105. The maximum Gasteiger partial charge on any atom is 0.340 e. The molecule has 0 saturated carbocycles. The van der Waals surface area contributed by atoms with Gasteiger partial charge in [0, 0.05) is 31.0 Å². The lowest BCUT2D eigenvalue weighted by Crippen LogP contribution is -2.37. The van der Waals surface area contributed by atoms with Crippen molar-refractivity contribution in [3.63, 3.8) is 0 Å². The molecule has 0 spiro atoms. The molecule has 0 amide bonds. The summed E-state index contributed by atoms with van der Waals surface area (Å²) in [6, 6.07) is 15.3. The van der Waals surface area contributed by atoms with Crippen LogP contribution in [0.15, 0.2) is 48.5 Å². The van der Waals surface area contributed by atoms with Crippen LogP contribution in [-0.4, -0.2) is 30.1 Å². The van der Waals surface area contributed by atoms with Crippen LogP contribution in [0.4, 0.5) is 11.4 Å². The molecule has 5 nitrogen and oxygen atoms in total. The molecule has 3 rings (SSSR count). The number of halogens is 1. The fourth-order valence-corrected chi connectivity index (χ4v) is 3.01. The van der Waals surface area contributed by atoms with E-state index in [4.69, 9.17) is 16.2 Å². The van der Waals surface area contributed by atoms with Crippen molar-refractivity contribution in [3.05, 3.63) is 59.7 Å². The average molecular weight is 362 g/mol. The van der Waals surface area contributed by atoms with E-state index in [9.17, 15) is 4.79 Å². The molecule has 1 saturated heterocycles. The Morgan fingerprint density at radius 3 is 2.40 bits per heavy atom. The van der Waals surface area contributed by atoms with Gasteiger partial charge in [-0.05, 0) is 36.6 Å². The number of hydrogen-bond donors (Lipinski definition) is 2. The minimum Gasteiger partial charge on any atom is -0.459 e. The molecule has 0 aromatic heterocycles. The number of nitrogen functional groups attached to an aromatic ring is 2. The van der Waals surface area contributed by atoms with Gasteiger partial charge in [-0.3, -0.25) is 4.90 Å². The third kappa shape index (κ3) is 5.11. The van der Waals surface area contributed by atoms with Gasteiger partial charge in [0.25, 0.3) is 0 Å². The van der Waals surface area contributed by atoms with E-state index in [0.717, 1.165) is 32.5 Å². The van der Waals surface area contributed by atoms with Gasteiger partial charge in [0.1, 0.15) is 6.10 Å². The zero-order chi connectivity index (χ0) is 16.9. The van der Waals surface area contributed by atoms with E-state index in [1.165, 1.54) is 5.56 Å². The Bertz CT molecular complexity index is 701. The Labute approximate surface area is 154 Å². The molecule has 4 N–H and O–H groups in total. The summed E-state index contributed by atoms with van der Waals surface area (Å²) < 4.78 is 5.61. The molecule has 0 atom stereocenters. The summed E-state index contributed by atoms with van der Waals surface area (Å²) in [6.45, 7) is 2.78. The van der Waals surface area contributed by atoms with Crippen molar-refractivity contribution in [1.82, 2.24) is 4.90 Å². The summed E-state index contributed by atoms with van der Waals surface area (Å²) in [5.41, 5.74) is 14.1. The van der Waals surface area contributed by atoms with E-state index >= 15 is 0 Å². The average Bonchev–Trinajstić information content (AvgIpc) is 2.57. The summed E-state index contributed by atoms with van der Waals surface area (Å²) in [4.78, 5) is 14.6. The molecule has 0 radical (unpaired) electrons. The fraction of sp³-hybridized carbons (Fsp3) is 0.316. The van der Waals surface area contributed by atoms with Crippen molar-refractivity contribution in [2.24, 2.45) is 0 Å². The first-order chi connectivity index (χ1) is 11.6. The number of esters is 1. The molecule has 2 aromatic rings. The van der Waals surface area contributed by atoms with E-state index in [2.05, 4.69) is 29.2 Å². The van der Waals surface area contributed by atoms with Gasteiger partial charge in [-0.15, -0.1) is 12.4 Å². The van der Waals surface area contributed by atoms with Gasteiger partial charge in [0.05, 0.1) is 5.56 Å². The highest BCUT2D eigenvalue weighted by atomic mass is 35.5. The van der Waals surface area contributed by atoms with Crippen LogP contribution in [0.5, 0.6) is 0 Å². The second-order valence-corrected chi connectivity index (χ2v) is 6.21. The number of carbonyl (C=O) groups is 1. The number of carbonyl (C=O) groups excluding carboxylic acids is 1. The predicted molar refractivity (Wildman–Crippen MR) is 103 cm³/mol. The van der Waals surface area contributed by atoms with E-state index in [1.54, 1.807) is 18.2 Å². The van der Waals surface area contributed by atoms with Crippen molar-refractivity contribution in [1.29, 1.82) is 0 Å². The van der Waals surface area contributed by atoms with Crippen LogP contribution in [0.1, 0.15) is 28.8 Å². The lowest BCUT2D eigenvalue weighted by Gasteiger charge is -2.31. The van der Waals surface area contributed by atoms with Crippen LogP contribution in [0.25, 0.3) is 0 Å². The Morgan fingerprint density at radius 1 is 1.08 bits per heavy atom. The first-order valence-corrected chi connectivity index (χ1v) is 8.24. The topological polar surface area (TPSA) is 81.6 Å². The number of nitrogens with zero attached hydrogens (tertiary/aromatic N) is 1. The number of ether oxygens (including phenoxy) is 1. The third-order valence-electron chi connectivity index (χ3n) is 4.35. The third-order valence-corrected chi connectivity index (χ3v) is 4.35. The van der Waals surface area contributed by atoms with Gasteiger partial charge in [-0.25, -0.2) is 4.79 Å². The quantitative estimate of drug-likeness (QED) is 0.646. The summed E-state index contributed by atoms with van der Waals surface area (Å²) in [7, 11) is 0. The predicted octanol–water partition coefficient (Wildman–Crippen LogP) is 3.09. The van der Waals surface area contributed by atoms with Gasteiger partial charge in [-0.2, -0.15) is 0 Å². The van der Waals surface area contributed by atoms with Gasteiger partial charge in [0.15, 0.2) is 0 Å². The molecule has 0 unspecified atom stereocenters. The molecule has 1 fully saturated rings. The van der Waals surface area contributed by atoms with Gasteiger partial charge >= 0.3 is 5.97 Å². The van der Waals surface area contributed by atoms with Crippen molar-refractivity contribution in [2.45, 2.75) is 25.5 Å². The minimum absolute atomic E-state index is 0. The van der Waals surface area contributed by atoms with Gasteiger partial charge in [0.2, 0.25) is 0 Å². The number of likely N-dealkylation sites (tertiary alicyclic amines) is 1. The highest BCUT2D eigenvalue weighted by molar-refractivity contribution is 5.95. The second kappa shape index (κ2) is 8.74. The standard InChI is InChI=1S/C19H23N3O2.ClH/c20-15-6-7-17(18(21)12-15)19(23)24-16-8-10-22(11-9-16)13-14-4-2-1-3-5-14;/h1-7,12,16H,8-11,13,20-21H2;1H. The van der Waals surface area contributed by atoms with Crippen LogP contribution in [0.2, 0.25) is 0 Å². The van der Waals surface area contributed by atoms with E-state index in [1.807, 2.05) is 6.07 Å². The monoisotopic (exact) mass is 361 g/mol. The van der Waals surface area contributed by atoms with Crippen LogP contribution in [-0.2, 0) is 11.3 Å². The minimum atomic E-state index is -0.367. The molecular formula is C19H24ClN3O2. The molecule has 1 heterocycles. The first-order valence-electron chi connectivity index (χ1n) is 8.24. The van der Waals surface area contributed by atoms with E-state index < -0.39 is 0 Å². The van der Waals surface area contributed by atoms with E-state index in [-0.39, 0.29) is 24.5 Å². The molecule has 134 valence electrons. The molecule has 0 aliphatic carbocycles. The summed E-state index contributed by atoms with van der Waals surface area (Å²) >= 11 is 0. The zero-order valence-corrected chi connectivity index (χ0v) is 14.9. The molecule has 6 heteroatoms. The Kier molecular flexibility index (Phi) is 6.67. The van der Waals surface area contributed by atoms with Crippen molar-refractivity contribution in [2.75, 3.05) is 24.6 Å². The number of anilines is 2. The molecule has 1 aliphatic rings. The maximum atomic E-state index is 12.3. The number of nitrogens with two attached hydrogens (primary N) is 2. The highest BCUT2D eigenvalue weighted by Crippen LogP contribution is 2.21. The van der Waals surface area contributed by atoms with Crippen molar-refractivity contribution in [3.8, 4) is 0 Å². The molecule has 0 bridgehead atoms. The number of hydrogen-bond acceptors (Lipinski definition) is 5. The Balaban J connectivity index is 0.00000225. The number of rotatable bonds is 4.